The minimum absolute atomic E-state index is 0.0450. The molecule has 4 nitrogen and oxygen atoms in total. The fourth-order valence-electron chi connectivity index (χ4n) is 2.32. The smallest absolute Gasteiger partial charge is 0.157 e. The minimum atomic E-state index is -0.0450. The monoisotopic (exact) mass is 280 g/mol. The lowest BCUT2D eigenvalue weighted by atomic mass is 10.1. The normalized spacial score (nSPS) is 11.8. The molecule has 2 heterocycles. The number of hydrogen-bond donors (Lipinski definition) is 1. The number of nitrogens with one attached hydrogen (secondary N) is 1. The fraction of sp³-hybridized carbons (Fsp3) is 0.294. The molecule has 0 aliphatic carbocycles. The highest BCUT2D eigenvalue weighted by Crippen LogP contribution is 2.30. The highest BCUT2D eigenvalue weighted by atomic mass is 15.2. The van der Waals surface area contributed by atoms with Gasteiger partial charge in [-0.1, -0.05) is 30.3 Å². The van der Waals surface area contributed by atoms with Gasteiger partial charge in [-0.2, -0.15) is 0 Å². The standard InChI is InChI=1S/C17H20N4/c1-12-11-21-14(10-18-12)19-15(13-8-6-5-7-9-13)16(21)20-17(2,3)4/h5-11,20H,1-4H3. The van der Waals surface area contributed by atoms with Crippen LogP contribution in [0.2, 0.25) is 0 Å². The van der Waals surface area contributed by atoms with Gasteiger partial charge >= 0.3 is 0 Å². The van der Waals surface area contributed by atoms with E-state index >= 15 is 0 Å². The van der Waals surface area contributed by atoms with Crippen molar-refractivity contribution in [1.29, 1.82) is 0 Å². The van der Waals surface area contributed by atoms with Crippen molar-refractivity contribution >= 4 is 11.5 Å². The van der Waals surface area contributed by atoms with Crippen LogP contribution in [0.25, 0.3) is 16.9 Å². The summed E-state index contributed by atoms with van der Waals surface area (Å²) >= 11 is 0. The molecule has 0 atom stereocenters. The van der Waals surface area contributed by atoms with Gasteiger partial charge in [-0.3, -0.25) is 9.38 Å². The van der Waals surface area contributed by atoms with Crippen LogP contribution in [0.5, 0.6) is 0 Å². The molecule has 0 fully saturated rings. The van der Waals surface area contributed by atoms with Crippen LogP contribution in [0.15, 0.2) is 42.7 Å². The highest BCUT2D eigenvalue weighted by molar-refractivity contribution is 5.76. The lowest BCUT2D eigenvalue weighted by molar-refractivity contribution is 0.629. The molecule has 0 spiro atoms. The Kier molecular flexibility index (Phi) is 3.16. The maximum Gasteiger partial charge on any atom is 0.157 e. The summed E-state index contributed by atoms with van der Waals surface area (Å²) in [6.45, 7) is 8.43. The maximum atomic E-state index is 4.75. The quantitative estimate of drug-likeness (QED) is 0.773. The molecule has 3 aromatic rings. The van der Waals surface area contributed by atoms with Gasteiger partial charge in [-0.05, 0) is 27.7 Å². The van der Waals surface area contributed by atoms with Gasteiger partial charge < -0.3 is 5.32 Å². The molecule has 3 rings (SSSR count). The predicted octanol–water partition coefficient (Wildman–Crippen LogP) is 3.92. The van der Waals surface area contributed by atoms with Crippen molar-refractivity contribution in [2.75, 3.05) is 5.32 Å². The Morgan fingerprint density at radius 3 is 2.48 bits per heavy atom. The van der Waals surface area contributed by atoms with E-state index in [1.165, 1.54) is 0 Å². The van der Waals surface area contributed by atoms with E-state index in [0.717, 1.165) is 28.4 Å². The molecule has 0 saturated carbocycles. The fourth-order valence-corrected chi connectivity index (χ4v) is 2.32. The van der Waals surface area contributed by atoms with Gasteiger partial charge in [-0.15, -0.1) is 0 Å². The molecule has 0 radical (unpaired) electrons. The summed E-state index contributed by atoms with van der Waals surface area (Å²) in [5, 5.41) is 3.57. The number of nitrogens with zero attached hydrogens (tertiary/aromatic N) is 3. The van der Waals surface area contributed by atoms with Crippen molar-refractivity contribution in [2.45, 2.75) is 33.2 Å². The third kappa shape index (κ3) is 2.75. The van der Waals surface area contributed by atoms with Gasteiger partial charge in [0, 0.05) is 17.3 Å². The first-order chi connectivity index (χ1) is 9.94. The van der Waals surface area contributed by atoms with Crippen LogP contribution in [0.3, 0.4) is 0 Å². The first-order valence-corrected chi connectivity index (χ1v) is 7.12. The molecular weight excluding hydrogens is 260 g/mol. The number of aryl methyl sites for hydroxylation is 1. The highest BCUT2D eigenvalue weighted by Gasteiger charge is 2.19. The zero-order valence-electron chi connectivity index (χ0n) is 12.9. The topological polar surface area (TPSA) is 42.2 Å². The van der Waals surface area contributed by atoms with Crippen LogP contribution >= 0.6 is 0 Å². The summed E-state index contributed by atoms with van der Waals surface area (Å²) in [5.41, 5.74) is 3.84. The van der Waals surface area contributed by atoms with Crippen molar-refractivity contribution in [1.82, 2.24) is 14.4 Å². The average Bonchev–Trinajstić information content (AvgIpc) is 2.76. The molecular formula is C17H20N4. The van der Waals surface area contributed by atoms with Crippen molar-refractivity contribution in [3.8, 4) is 11.3 Å². The van der Waals surface area contributed by atoms with E-state index in [1.54, 1.807) is 0 Å². The van der Waals surface area contributed by atoms with Crippen molar-refractivity contribution in [3.63, 3.8) is 0 Å². The SMILES string of the molecule is Cc1cn2c(NC(C)(C)C)c(-c3ccccc3)nc2cn1. The molecule has 0 amide bonds. The number of hydrogen-bond acceptors (Lipinski definition) is 3. The van der Waals surface area contributed by atoms with Gasteiger partial charge in [0.1, 0.15) is 11.5 Å². The van der Waals surface area contributed by atoms with Crippen molar-refractivity contribution in [2.24, 2.45) is 0 Å². The second kappa shape index (κ2) is 4.88. The van der Waals surface area contributed by atoms with Crippen LogP contribution in [0, 0.1) is 6.92 Å². The largest absolute Gasteiger partial charge is 0.365 e. The molecule has 1 aromatic carbocycles. The van der Waals surface area contributed by atoms with E-state index in [-0.39, 0.29) is 5.54 Å². The van der Waals surface area contributed by atoms with Gasteiger partial charge in [0.05, 0.1) is 11.9 Å². The van der Waals surface area contributed by atoms with E-state index in [1.807, 2.05) is 37.5 Å². The Bertz CT molecular complexity index is 767. The molecule has 108 valence electrons. The summed E-state index contributed by atoms with van der Waals surface area (Å²) in [6.07, 6.45) is 3.83. The Labute approximate surface area is 124 Å². The summed E-state index contributed by atoms with van der Waals surface area (Å²) in [5.74, 6) is 1.01. The lowest BCUT2D eigenvalue weighted by Crippen LogP contribution is -2.27. The minimum Gasteiger partial charge on any atom is -0.365 e. The van der Waals surface area contributed by atoms with Crippen molar-refractivity contribution in [3.05, 3.63) is 48.4 Å². The van der Waals surface area contributed by atoms with E-state index < -0.39 is 0 Å². The van der Waals surface area contributed by atoms with Crippen LogP contribution < -0.4 is 5.32 Å². The molecule has 0 saturated heterocycles. The van der Waals surface area contributed by atoms with Crippen LogP contribution in [-0.2, 0) is 0 Å². The molecule has 0 unspecified atom stereocenters. The zero-order valence-corrected chi connectivity index (χ0v) is 12.9. The summed E-state index contributed by atoms with van der Waals surface area (Å²) in [4.78, 5) is 9.09. The summed E-state index contributed by atoms with van der Waals surface area (Å²) in [6, 6.07) is 10.2. The van der Waals surface area contributed by atoms with Gasteiger partial charge in [0.25, 0.3) is 0 Å². The molecule has 1 N–H and O–H groups in total. The Balaban J connectivity index is 2.25. The molecule has 0 aliphatic heterocycles. The number of benzene rings is 1. The average molecular weight is 280 g/mol. The Morgan fingerprint density at radius 1 is 1.10 bits per heavy atom. The third-order valence-electron chi connectivity index (χ3n) is 3.18. The van der Waals surface area contributed by atoms with E-state index in [0.29, 0.717) is 0 Å². The van der Waals surface area contributed by atoms with Gasteiger partial charge in [0.2, 0.25) is 0 Å². The van der Waals surface area contributed by atoms with Crippen LogP contribution in [-0.4, -0.2) is 19.9 Å². The first-order valence-electron chi connectivity index (χ1n) is 7.12. The summed E-state index contributed by atoms with van der Waals surface area (Å²) in [7, 11) is 0. The summed E-state index contributed by atoms with van der Waals surface area (Å²) < 4.78 is 2.08. The van der Waals surface area contributed by atoms with Crippen LogP contribution in [0.1, 0.15) is 26.5 Å². The van der Waals surface area contributed by atoms with E-state index in [2.05, 4.69) is 47.6 Å². The number of rotatable bonds is 2. The predicted molar refractivity (Wildman–Crippen MR) is 86.5 cm³/mol. The zero-order chi connectivity index (χ0) is 15.0. The van der Waals surface area contributed by atoms with Crippen LogP contribution in [0.4, 0.5) is 5.82 Å². The molecule has 2 aromatic heterocycles. The van der Waals surface area contributed by atoms with E-state index in [9.17, 15) is 0 Å². The third-order valence-corrected chi connectivity index (χ3v) is 3.18. The number of anilines is 1. The second-order valence-electron chi connectivity index (χ2n) is 6.31. The van der Waals surface area contributed by atoms with Gasteiger partial charge in [-0.25, -0.2) is 4.98 Å². The van der Waals surface area contributed by atoms with E-state index in [4.69, 9.17) is 4.98 Å². The Morgan fingerprint density at radius 2 is 1.81 bits per heavy atom. The molecule has 0 bridgehead atoms. The number of fused-ring (bicyclic) bond motifs is 1. The molecule has 4 heteroatoms. The maximum absolute atomic E-state index is 4.75. The first kappa shape index (κ1) is 13.6. The van der Waals surface area contributed by atoms with Gasteiger partial charge in [0.15, 0.2) is 5.65 Å². The number of imidazole rings is 1. The molecule has 21 heavy (non-hydrogen) atoms. The van der Waals surface area contributed by atoms with Crippen molar-refractivity contribution < 1.29 is 0 Å². The Hall–Kier alpha value is -2.36. The lowest BCUT2D eigenvalue weighted by Gasteiger charge is -2.22. The molecule has 0 aliphatic rings. The second-order valence-corrected chi connectivity index (χ2v) is 6.31. The number of aromatic nitrogens is 3.